The fourth-order valence-electron chi connectivity index (χ4n) is 2.42. The quantitative estimate of drug-likeness (QED) is 0.748. The Hall–Kier alpha value is -2.19. The fraction of sp³-hybridized carbons (Fsp3) is 0.444. The number of benzene rings is 1. The number of sulfone groups is 1. The molecule has 0 saturated carbocycles. The highest BCUT2D eigenvalue weighted by Crippen LogP contribution is 2.25. The minimum absolute atomic E-state index is 0.324. The van der Waals surface area contributed by atoms with Crippen LogP contribution in [0, 0.1) is 13.8 Å². The molecule has 0 radical (unpaired) electrons. The molecule has 1 heterocycles. The van der Waals surface area contributed by atoms with Crippen LogP contribution in [0.1, 0.15) is 17.0 Å². The first kappa shape index (κ1) is 20.1. The summed E-state index contributed by atoms with van der Waals surface area (Å²) in [5.41, 5.74) is 2.15. The van der Waals surface area contributed by atoms with Gasteiger partial charge in [0.25, 0.3) is 0 Å². The predicted octanol–water partition coefficient (Wildman–Crippen LogP) is 1.55. The van der Waals surface area contributed by atoms with E-state index in [9.17, 15) is 13.2 Å². The highest BCUT2D eigenvalue weighted by molar-refractivity contribution is 7.91. The Morgan fingerprint density at radius 3 is 2.58 bits per heavy atom. The Morgan fingerprint density at radius 2 is 1.92 bits per heavy atom. The van der Waals surface area contributed by atoms with Gasteiger partial charge in [-0.15, -0.1) is 0 Å². The molecule has 2 aromatic rings. The second-order valence-electron chi connectivity index (χ2n) is 6.52. The number of carbonyl (C=O) groups is 1. The molecule has 8 heteroatoms. The van der Waals surface area contributed by atoms with Gasteiger partial charge in [0.2, 0.25) is 11.8 Å². The summed E-state index contributed by atoms with van der Waals surface area (Å²) in [5, 5.41) is 2.61. The van der Waals surface area contributed by atoms with Gasteiger partial charge in [0, 0.05) is 18.7 Å². The molecule has 26 heavy (non-hydrogen) atoms. The molecule has 1 aromatic carbocycles. The molecule has 0 spiro atoms. The van der Waals surface area contributed by atoms with Crippen molar-refractivity contribution in [3.63, 3.8) is 0 Å². The van der Waals surface area contributed by atoms with Gasteiger partial charge in [-0.3, -0.25) is 4.79 Å². The molecule has 0 unspecified atom stereocenters. The highest BCUT2D eigenvalue weighted by atomic mass is 32.2. The molecule has 0 atom stereocenters. The van der Waals surface area contributed by atoms with E-state index in [1.54, 1.807) is 6.92 Å². The van der Waals surface area contributed by atoms with Crippen LogP contribution in [0.2, 0.25) is 0 Å². The van der Waals surface area contributed by atoms with Gasteiger partial charge >= 0.3 is 0 Å². The first-order valence-electron chi connectivity index (χ1n) is 8.32. The lowest BCUT2D eigenvalue weighted by atomic mass is 10.1. The molecule has 0 aliphatic rings. The number of oxazole rings is 1. The summed E-state index contributed by atoms with van der Waals surface area (Å²) in [6.45, 7) is 4.66. The van der Waals surface area contributed by atoms with Crippen LogP contribution in [-0.4, -0.2) is 57.1 Å². The van der Waals surface area contributed by atoms with Crippen molar-refractivity contribution in [1.82, 2.24) is 15.2 Å². The SMILES string of the molecule is Cc1ccccc1-c1nc(CS(=O)(=O)CC(=O)NCCN(C)C)c(C)o1. The third kappa shape index (κ3) is 5.67. The first-order valence-corrected chi connectivity index (χ1v) is 10.1. The van der Waals surface area contributed by atoms with Gasteiger partial charge in [0.05, 0.1) is 11.4 Å². The monoisotopic (exact) mass is 379 g/mol. The van der Waals surface area contributed by atoms with E-state index in [2.05, 4.69) is 10.3 Å². The number of rotatable bonds is 8. The maximum atomic E-state index is 12.3. The van der Waals surface area contributed by atoms with Crippen molar-refractivity contribution in [2.45, 2.75) is 19.6 Å². The Kier molecular flexibility index (Phi) is 6.55. The van der Waals surface area contributed by atoms with E-state index in [1.807, 2.05) is 50.2 Å². The van der Waals surface area contributed by atoms with Crippen molar-refractivity contribution in [2.75, 3.05) is 32.9 Å². The van der Waals surface area contributed by atoms with Crippen LogP contribution in [0.3, 0.4) is 0 Å². The molecule has 1 amide bonds. The number of amides is 1. The Morgan fingerprint density at radius 1 is 1.23 bits per heavy atom. The Balaban J connectivity index is 2.06. The molecule has 0 bridgehead atoms. The Bertz CT molecular complexity index is 872. The van der Waals surface area contributed by atoms with Gasteiger partial charge in [-0.1, -0.05) is 18.2 Å². The van der Waals surface area contributed by atoms with Crippen molar-refractivity contribution in [1.29, 1.82) is 0 Å². The van der Waals surface area contributed by atoms with Gasteiger partial charge in [-0.25, -0.2) is 13.4 Å². The van der Waals surface area contributed by atoms with E-state index in [-0.39, 0.29) is 5.75 Å². The second kappa shape index (κ2) is 8.46. The van der Waals surface area contributed by atoms with Crippen molar-refractivity contribution in [2.24, 2.45) is 0 Å². The number of hydrogen-bond acceptors (Lipinski definition) is 6. The predicted molar refractivity (Wildman–Crippen MR) is 100 cm³/mol. The number of nitrogens with zero attached hydrogens (tertiary/aromatic N) is 2. The van der Waals surface area contributed by atoms with E-state index >= 15 is 0 Å². The van der Waals surface area contributed by atoms with E-state index in [1.165, 1.54) is 0 Å². The molecule has 0 fully saturated rings. The van der Waals surface area contributed by atoms with Gasteiger partial charge in [-0.05, 0) is 39.6 Å². The summed E-state index contributed by atoms with van der Waals surface area (Å²) < 4.78 is 30.3. The Labute approximate surface area is 154 Å². The van der Waals surface area contributed by atoms with Crippen LogP contribution in [0.25, 0.3) is 11.5 Å². The maximum absolute atomic E-state index is 12.3. The third-order valence-electron chi connectivity index (χ3n) is 3.86. The topological polar surface area (TPSA) is 92.5 Å². The normalized spacial score (nSPS) is 11.7. The molecular weight excluding hydrogens is 354 g/mol. The van der Waals surface area contributed by atoms with Gasteiger partial charge in [-0.2, -0.15) is 0 Å². The van der Waals surface area contributed by atoms with Crippen LogP contribution in [-0.2, 0) is 20.4 Å². The van der Waals surface area contributed by atoms with Crippen molar-refractivity contribution < 1.29 is 17.6 Å². The van der Waals surface area contributed by atoms with Crippen LogP contribution >= 0.6 is 0 Å². The van der Waals surface area contributed by atoms with Crippen molar-refractivity contribution in [3.05, 3.63) is 41.3 Å². The van der Waals surface area contributed by atoms with Gasteiger partial charge < -0.3 is 14.6 Å². The van der Waals surface area contributed by atoms with Crippen LogP contribution in [0.4, 0.5) is 0 Å². The maximum Gasteiger partial charge on any atom is 0.235 e. The number of likely N-dealkylation sites (N-methyl/N-ethyl adjacent to an activating group) is 1. The standard InChI is InChI=1S/C18H25N3O4S/c1-13-7-5-6-8-15(13)18-20-16(14(2)25-18)11-26(23,24)12-17(22)19-9-10-21(3)4/h5-8H,9-12H2,1-4H3,(H,19,22). The van der Waals surface area contributed by atoms with Crippen LogP contribution in [0.5, 0.6) is 0 Å². The molecule has 1 aromatic heterocycles. The van der Waals surface area contributed by atoms with Gasteiger partial charge in [0.15, 0.2) is 9.84 Å². The molecular formula is C18H25N3O4S. The number of aromatic nitrogens is 1. The summed E-state index contributed by atoms with van der Waals surface area (Å²) in [7, 11) is 0.120. The molecule has 0 aliphatic heterocycles. The number of aryl methyl sites for hydroxylation is 2. The third-order valence-corrected chi connectivity index (χ3v) is 5.27. The molecule has 1 N–H and O–H groups in total. The molecule has 0 aliphatic carbocycles. The highest BCUT2D eigenvalue weighted by Gasteiger charge is 2.22. The molecule has 2 rings (SSSR count). The largest absolute Gasteiger partial charge is 0.441 e. The van der Waals surface area contributed by atoms with E-state index in [0.717, 1.165) is 11.1 Å². The second-order valence-corrected chi connectivity index (χ2v) is 8.59. The summed E-state index contributed by atoms with van der Waals surface area (Å²) in [6, 6.07) is 7.59. The van der Waals surface area contributed by atoms with Crippen LogP contribution < -0.4 is 5.32 Å². The van der Waals surface area contributed by atoms with E-state index < -0.39 is 21.5 Å². The minimum atomic E-state index is -3.63. The average Bonchev–Trinajstić information content (AvgIpc) is 2.86. The summed E-state index contributed by atoms with van der Waals surface area (Å²) in [5.74, 6) is -0.560. The smallest absolute Gasteiger partial charge is 0.235 e. The van der Waals surface area contributed by atoms with E-state index in [0.29, 0.717) is 30.4 Å². The summed E-state index contributed by atoms with van der Waals surface area (Å²) in [4.78, 5) is 18.1. The lowest BCUT2D eigenvalue weighted by Crippen LogP contribution is -2.35. The van der Waals surface area contributed by atoms with Crippen LogP contribution in [0.15, 0.2) is 28.7 Å². The summed E-state index contributed by atoms with van der Waals surface area (Å²) >= 11 is 0. The number of nitrogens with one attached hydrogen (secondary N) is 1. The summed E-state index contributed by atoms with van der Waals surface area (Å²) in [6.07, 6.45) is 0. The zero-order valence-corrected chi connectivity index (χ0v) is 16.4. The lowest BCUT2D eigenvalue weighted by molar-refractivity contribution is -0.118. The fourth-order valence-corrected chi connectivity index (χ4v) is 3.71. The molecule has 7 nitrogen and oxygen atoms in total. The van der Waals surface area contributed by atoms with Gasteiger partial charge in [0.1, 0.15) is 11.5 Å². The lowest BCUT2D eigenvalue weighted by Gasteiger charge is -2.10. The molecule has 142 valence electrons. The first-order chi connectivity index (χ1) is 12.2. The molecule has 0 saturated heterocycles. The van der Waals surface area contributed by atoms with Crippen molar-refractivity contribution >= 4 is 15.7 Å². The average molecular weight is 379 g/mol. The minimum Gasteiger partial charge on any atom is -0.441 e. The zero-order chi connectivity index (χ0) is 19.3. The zero-order valence-electron chi connectivity index (χ0n) is 15.6. The van der Waals surface area contributed by atoms with E-state index in [4.69, 9.17) is 4.42 Å². The van der Waals surface area contributed by atoms with Crippen molar-refractivity contribution in [3.8, 4) is 11.5 Å². The number of carbonyl (C=O) groups excluding carboxylic acids is 1. The number of hydrogen-bond donors (Lipinski definition) is 1.